The molecule has 15 heavy (non-hydrogen) atoms. The van der Waals surface area contributed by atoms with Gasteiger partial charge in [-0.15, -0.1) is 11.3 Å². The number of fused-ring (bicyclic) bond motifs is 1. The number of Topliss-reactive ketones (excluding diaryl/α,β-unsaturated/α-hetero) is 1. The average molecular weight is 223 g/mol. The van der Waals surface area contributed by atoms with Crippen molar-refractivity contribution in [2.45, 2.75) is 33.1 Å². The Morgan fingerprint density at radius 1 is 1.40 bits per heavy atom. The second kappa shape index (κ2) is 4.45. The van der Waals surface area contributed by atoms with Gasteiger partial charge in [-0.1, -0.05) is 6.92 Å². The van der Waals surface area contributed by atoms with Crippen LogP contribution in [-0.4, -0.2) is 18.9 Å². The van der Waals surface area contributed by atoms with E-state index in [-0.39, 0.29) is 0 Å². The smallest absolute Gasteiger partial charge is 0.172 e. The van der Waals surface area contributed by atoms with Gasteiger partial charge >= 0.3 is 0 Å². The van der Waals surface area contributed by atoms with Gasteiger partial charge in [0.05, 0.1) is 4.88 Å². The number of rotatable bonds is 2. The average Bonchev–Trinajstić information content (AvgIpc) is 2.44. The van der Waals surface area contributed by atoms with E-state index < -0.39 is 0 Å². The number of thiophene rings is 1. The molecular formula is C12H17NOS. The molecule has 0 fully saturated rings. The summed E-state index contributed by atoms with van der Waals surface area (Å²) < 4.78 is 0. The third-order valence-electron chi connectivity index (χ3n) is 3.01. The summed E-state index contributed by atoms with van der Waals surface area (Å²) in [6.07, 6.45) is 2.78. The van der Waals surface area contributed by atoms with Gasteiger partial charge in [-0.25, -0.2) is 0 Å². The minimum absolute atomic E-state index is 0.304. The van der Waals surface area contributed by atoms with Gasteiger partial charge in [0.25, 0.3) is 0 Å². The first-order chi connectivity index (χ1) is 7.24. The number of hydrogen-bond acceptors (Lipinski definition) is 3. The van der Waals surface area contributed by atoms with E-state index in [9.17, 15) is 4.79 Å². The molecule has 0 spiro atoms. The van der Waals surface area contributed by atoms with E-state index in [0.717, 1.165) is 30.8 Å². The van der Waals surface area contributed by atoms with Gasteiger partial charge in [0, 0.05) is 11.3 Å². The van der Waals surface area contributed by atoms with Gasteiger partial charge in [-0.05, 0) is 44.0 Å². The lowest BCUT2D eigenvalue weighted by molar-refractivity contribution is 0.0991. The Balaban J connectivity index is 2.40. The van der Waals surface area contributed by atoms with E-state index in [1.807, 2.05) is 6.92 Å². The summed E-state index contributed by atoms with van der Waals surface area (Å²) in [7, 11) is 0. The lowest BCUT2D eigenvalue weighted by Crippen LogP contribution is -2.16. The maximum Gasteiger partial charge on any atom is 0.172 e. The van der Waals surface area contributed by atoms with Crippen LogP contribution in [0.5, 0.6) is 0 Å². The molecule has 1 N–H and O–H groups in total. The largest absolute Gasteiger partial charge is 0.316 e. The number of carbonyl (C=O) groups is 1. The summed E-state index contributed by atoms with van der Waals surface area (Å²) in [6.45, 7) is 6.13. The molecule has 1 aliphatic rings. The van der Waals surface area contributed by atoms with E-state index in [0.29, 0.717) is 12.2 Å². The Morgan fingerprint density at radius 3 is 2.87 bits per heavy atom. The van der Waals surface area contributed by atoms with Gasteiger partial charge in [0.2, 0.25) is 0 Å². The number of carbonyl (C=O) groups excluding carboxylic acids is 1. The molecule has 82 valence electrons. The Labute approximate surface area is 94.7 Å². The first kappa shape index (κ1) is 10.8. The molecule has 1 aromatic rings. The van der Waals surface area contributed by atoms with Crippen LogP contribution in [0.1, 0.15) is 39.0 Å². The molecule has 0 amide bonds. The lowest BCUT2D eigenvalue weighted by Gasteiger charge is -2.00. The molecule has 2 nitrogen and oxygen atoms in total. The molecular weight excluding hydrogens is 206 g/mol. The van der Waals surface area contributed by atoms with Crippen molar-refractivity contribution in [1.29, 1.82) is 0 Å². The number of hydrogen-bond donors (Lipinski definition) is 1. The fourth-order valence-corrected chi connectivity index (χ4v) is 3.47. The van der Waals surface area contributed by atoms with Crippen LogP contribution >= 0.6 is 11.3 Å². The second-order valence-electron chi connectivity index (χ2n) is 3.98. The molecule has 1 aliphatic heterocycles. The molecule has 0 saturated heterocycles. The standard InChI is InChI=1S/C12H17NOS/c1-3-10(14)12-8(2)9-4-6-13-7-5-11(9)15-12/h13H,3-7H2,1-2H3. The van der Waals surface area contributed by atoms with Crippen LogP contribution in [-0.2, 0) is 12.8 Å². The van der Waals surface area contributed by atoms with Gasteiger partial charge < -0.3 is 5.32 Å². The summed E-state index contributed by atoms with van der Waals surface area (Å²) >= 11 is 1.72. The zero-order valence-electron chi connectivity index (χ0n) is 9.35. The Kier molecular flexibility index (Phi) is 3.22. The first-order valence-corrected chi connectivity index (χ1v) is 6.40. The van der Waals surface area contributed by atoms with Crippen LogP contribution in [0.4, 0.5) is 0 Å². The third kappa shape index (κ3) is 1.99. The highest BCUT2D eigenvalue weighted by Crippen LogP contribution is 2.30. The van der Waals surface area contributed by atoms with Gasteiger partial charge in [0.1, 0.15) is 0 Å². The SMILES string of the molecule is CCC(=O)c1sc2c(c1C)CCNCC2. The fraction of sp³-hybridized carbons (Fsp3) is 0.583. The fourth-order valence-electron chi connectivity index (χ4n) is 2.10. The van der Waals surface area contributed by atoms with Crippen molar-refractivity contribution < 1.29 is 4.79 Å². The summed E-state index contributed by atoms with van der Waals surface area (Å²) in [5, 5.41) is 3.39. The summed E-state index contributed by atoms with van der Waals surface area (Å²) in [4.78, 5) is 14.2. The third-order valence-corrected chi connectivity index (χ3v) is 4.44. The molecule has 0 atom stereocenters. The molecule has 2 rings (SSSR count). The van der Waals surface area contributed by atoms with Crippen molar-refractivity contribution in [3.05, 3.63) is 20.9 Å². The quantitative estimate of drug-likeness (QED) is 0.780. The van der Waals surface area contributed by atoms with E-state index in [4.69, 9.17) is 0 Å². The predicted molar refractivity (Wildman–Crippen MR) is 64.0 cm³/mol. The lowest BCUT2D eigenvalue weighted by atomic mass is 10.0. The van der Waals surface area contributed by atoms with Crippen molar-refractivity contribution >= 4 is 17.1 Å². The summed E-state index contributed by atoms with van der Waals surface area (Å²) in [5.41, 5.74) is 2.67. The predicted octanol–water partition coefficient (Wildman–Crippen LogP) is 2.34. The van der Waals surface area contributed by atoms with E-state index >= 15 is 0 Å². The van der Waals surface area contributed by atoms with Crippen LogP contribution in [0.3, 0.4) is 0 Å². The van der Waals surface area contributed by atoms with Gasteiger partial charge in [-0.3, -0.25) is 4.79 Å². The van der Waals surface area contributed by atoms with Crippen molar-refractivity contribution in [3.8, 4) is 0 Å². The van der Waals surface area contributed by atoms with Crippen molar-refractivity contribution in [2.75, 3.05) is 13.1 Å². The van der Waals surface area contributed by atoms with Crippen molar-refractivity contribution in [3.63, 3.8) is 0 Å². The highest BCUT2D eigenvalue weighted by atomic mass is 32.1. The van der Waals surface area contributed by atoms with Crippen molar-refractivity contribution in [1.82, 2.24) is 5.32 Å². The maximum absolute atomic E-state index is 11.7. The van der Waals surface area contributed by atoms with E-state index in [2.05, 4.69) is 12.2 Å². The Morgan fingerprint density at radius 2 is 2.13 bits per heavy atom. The molecule has 2 heterocycles. The van der Waals surface area contributed by atoms with Gasteiger partial charge in [-0.2, -0.15) is 0 Å². The van der Waals surface area contributed by atoms with E-state index in [1.165, 1.54) is 16.0 Å². The second-order valence-corrected chi connectivity index (χ2v) is 5.09. The Bertz CT molecular complexity index is 381. The molecule has 0 aromatic carbocycles. The Hall–Kier alpha value is -0.670. The van der Waals surface area contributed by atoms with Crippen LogP contribution in [0.2, 0.25) is 0 Å². The monoisotopic (exact) mass is 223 g/mol. The first-order valence-electron chi connectivity index (χ1n) is 5.59. The summed E-state index contributed by atoms with van der Waals surface area (Å²) in [5.74, 6) is 0.304. The van der Waals surface area contributed by atoms with Crippen LogP contribution < -0.4 is 5.32 Å². The normalized spacial score (nSPS) is 15.9. The van der Waals surface area contributed by atoms with E-state index in [1.54, 1.807) is 11.3 Å². The maximum atomic E-state index is 11.7. The van der Waals surface area contributed by atoms with Crippen LogP contribution in [0, 0.1) is 6.92 Å². The number of nitrogens with one attached hydrogen (secondary N) is 1. The zero-order valence-corrected chi connectivity index (χ0v) is 10.2. The number of ketones is 1. The van der Waals surface area contributed by atoms with Crippen LogP contribution in [0.25, 0.3) is 0 Å². The molecule has 3 heteroatoms. The zero-order chi connectivity index (χ0) is 10.8. The molecule has 1 aromatic heterocycles. The molecule has 0 saturated carbocycles. The van der Waals surface area contributed by atoms with Crippen molar-refractivity contribution in [2.24, 2.45) is 0 Å². The summed E-state index contributed by atoms with van der Waals surface area (Å²) in [6, 6.07) is 0. The molecule has 0 unspecified atom stereocenters. The minimum Gasteiger partial charge on any atom is -0.316 e. The molecule has 0 radical (unpaired) electrons. The highest BCUT2D eigenvalue weighted by Gasteiger charge is 2.19. The molecule has 0 aliphatic carbocycles. The van der Waals surface area contributed by atoms with Crippen LogP contribution in [0.15, 0.2) is 0 Å². The minimum atomic E-state index is 0.304. The molecule has 0 bridgehead atoms. The topological polar surface area (TPSA) is 29.1 Å². The highest BCUT2D eigenvalue weighted by molar-refractivity contribution is 7.14. The van der Waals surface area contributed by atoms with Gasteiger partial charge in [0.15, 0.2) is 5.78 Å².